The molecule has 3 rings (SSSR count). The van der Waals surface area contributed by atoms with Crippen LogP contribution in [0.15, 0.2) is 29.6 Å². The van der Waals surface area contributed by atoms with Gasteiger partial charge in [-0.05, 0) is 70.0 Å². The molecule has 2 aromatic rings. The Kier molecular flexibility index (Phi) is 15.4. The van der Waals surface area contributed by atoms with E-state index in [9.17, 15) is 24.3 Å². The van der Waals surface area contributed by atoms with Gasteiger partial charge in [0, 0.05) is 42.8 Å². The lowest BCUT2D eigenvalue weighted by molar-refractivity contribution is -0.142. The summed E-state index contributed by atoms with van der Waals surface area (Å²) < 4.78 is 0. The normalized spacial score (nSPS) is 19.0. The number of nitrogens with zero attached hydrogens (tertiary/aromatic N) is 3. The zero-order valence-electron chi connectivity index (χ0n) is 31.2. The Hall–Kier alpha value is -3.11. The van der Waals surface area contributed by atoms with Crippen molar-refractivity contribution < 1.29 is 24.3 Å². The third kappa shape index (κ3) is 11.5. The molecule has 0 saturated carbocycles. The Balaban J connectivity index is 1.71. The number of nitrogens with one attached hydrogen (secondary N) is 1. The number of thiazole rings is 1. The van der Waals surface area contributed by atoms with E-state index < -0.39 is 11.9 Å². The van der Waals surface area contributed by atoms with Crippen molar-refractivity contribution in [3.05, 3.63) is 51.5 Å². The molecule has 1 saturated heterocycles. The van der Waals surface area contributed by atoms with Crippen LogP contribution in [0.2, 0.25) is 0 Å². The van der Waals surface area contributed by atoms with Gasteiger partial charge < -0.3 is 15.3 Å². The molecule has 272 valence electrons. The van der Waals surface area contributed by atoms with Gasteiger partial charge in [0.05, 0.1) is 17.0 Å². The molecule has 0 bridgehead atoms. The first-order valence-corrected chi connectivity index (χ1v) is 19.0. The monoisotopic (exact) mass is 696 g/mol. The van der Waals surface area contributed by atoms with Crippen LogP contribution in [-0.2, 0) is 20.8 Å². The fourth-order valence-electron chi connectivity index (χ4n) is 7.02. The molecule has 1 aromatic heterocycles. The smallest absolute Gasteiger partial charge is 0.306 e. The van der Waals surface area contributed by atoms with Crippen LogP contribution in [-0.4, -0.2) is 82.2 Å². The maximum absolute atomic E-state index is 14.1. The summed E-state index contributed by atoms with van der Waals surface area (Å²) in [6, 6.07) is 7.50. The van der Waals surface area contributed by atoms with Crippen LogP contribution in [0.25, 0.3) is 0 Å². The van der Waals surface area contributed by atoms with Gasteiger partial charge in [-0.1, -0.05) is 84.2 Å². The summed E-state index contributed by atoms with van der Waals surface area (Å²) >= 11 is 1.43. The van der Waals surface area contributed by atoms with Gasteiger partial charge in [0.25, 0.3) is 5.91 Å². The van der Waals surface area contributed by atoms with E-state index in [0.717, 1.165) is 48.4 Å². The first-order valence-electron chi connectivity index (χ1n) is 18.2. The van der Waals surface area contributed by atoms with Gasteiger partial charge in [0.15, 0.2) is 5.78 Å². The second-order valence-electron chi connectivity index (χ2n) is 15.0. The number of carboxylic acids is 1. The number of carbonyl (C=O) groups excluding carboxylic acids is 3. The van der Waals surface area contributed by atoms with Gasteiger partial charge in [-0.3, -0.25) is 24.1 Å². The molecule has 0 unspecified atom stereocenters. The molecule has 1 aliphatic rings. The molecule has 0 spiro atoms. The quantitative estimate of drug-likeness (QED) is 0.173. The molecule has 2 N–H and O–H groups in total. The molecule has 1 fully saturated rings. The lowest BCUT2D eigenvalue weighted by Crippen LogP contribution is -2.48. The van der Waals surface area contributed by atoms with Crippen molar-refractivity contribution in [2.45, 2.75) is 124 Å². The standard InChI is InChI=1S/C39H60N4O5S/c1-10-26(5)31(22-35(44)33-13-11-12-18-42(33)8)38(46)43(9)34(24(2)3)20-27(6)37-41-32(23-49-37)36(45)40-30(19-28(7)39(47)48)21-29-16-14-25(4)15-17-29/h14-17,23-24,26-28,30-31,33-34H,10-13,18-22H2,1-9H3,(H,40,45)(H,47,48)/t26-,27+,28-,30+,31-,33+,34+/m0/s1. The Morgan fingerprint density at radius 3 is 2.33 bits per heavy atom. The van der Waals surface area contributed by atoms with Gasteiger partial charge >= 0.3 is 5.97 Å². The molecule has 0 aliphatic carbocycles. The second kappa shape index (κ2) is 18.8. The van der Waals surface area contributed by atoms with Crippen molar-refractivity contribution in [1.29, 1.82) is 0 Å². The van der Waals surface area contributed by atoms with E-state index in [-0.39, 0.29) is 65.8 Å². The van der Waals surface area contributed by atoms with Crippen molar-refractivity contribution in [2.75, 3.05) is 20.6 Å². The number of likely N-dealkylation sites (tertiary alicyclic amines) is 1. The summed E-state index contributed by atoms with van der Waals surface area (Å²) in [5.74, 6) is -1.72. The fourth-order valence-corrected chi connectivity index (χ4v) is 7.90. The Labute approximate surface area is 298 Å². The molecule has 49 heavy (non-hydrogen) atoms. The number of aromatic nitrogens is 1. The zero-order valence-corrected chi connectivity index (χ0v) is 32.0. The van der Waals surface area contributed by atoms with Gasteiger partial charge in [-0.2, -0.15) is 0 Å². The molecular weight excluding hydrogens is 637 g/mol. The minimum Gasteiger partial charge on any atom is -0.481 e. The van der Waals surface area contributed by atoms with Gasteiger partial charge in [-0.15, -0.1) is 11.3 Å². The minimum absolute atomic E-state index is 0.0100. The molecule has 10 heteroatoms. The third-order valence-electron chi connectivity index (χ3n) is 10.6. The number of rotatable bonds is 18. The van der Waals surface area contributed by atoms with Gasteiger partial charge in [0.2, 0.25) is 5.91 Å². The molecule has 0 radical (unpaired) electrons. The summed E-state index contributed by atoms with van der Waals surface area (Å²) in [4.78, 5) is 61.4. The molecule has 9 nitrogen and oxygen atoms in total. The van der Waals surface area contributed by atoms with Crippen molar-refractivity contribution in [3.63, 3.8) is 0 Å². The summed E-state index contributed by atoms with van der Waals surface area (Å²) in [6.45, 7) is 15.1. The fraction of sp³-hybridized carbons (Fsp3) is 0.667. The van der Waals surface area contributed by atoms with Crippen LogP contribution in [0.1, 0.15) is 119 Å². The molecule has 7 atom stereocenters. The number of aryl methyl sites for hydroxylation is 1. The van der Waals surface area contributed by atoms with Gasteiger partial charge in [0.1, 0.15) is 5.69 Å². The second-order valence-corrected chi connectivity index (χ2v) is 15.8. The van der Waals surface area contributed by atoms with Crippen LogP contribution < -0.4 is 5.32 Å². The van der Waals surface area contributed by atoms with Crippen molar-refractivity contribution in [3.8, 4) is 0 Å². The SMILES string of the molecule is CC[C@H](C)[C@H](CC(=O)[C@H]1CCCCN1C)C(=O)N(C)[C@H](C[C@@H](C)c1nc(C(=O)N[C@@H](Cc2ccc(C)cc2)C[C@H](C)C(=O)O)cs1)C(C)C. The van der Waals surface area contributed by atoms with Gasteiger partial charge in [-0.25, -0.2) is 4.98 Å². The first-order chi connectivity index (χ1) is 23.1. The van der Waals surface area contributed by atoms with E-state index in [1.165, 1.54) is 11.3 Å². The lowest BCUT2D eigenvalue weighted by atomic mass is 9.82. The summed E-state index contributed by atoms with van der Waals surface area (Å²) in [6.07, 6.45) is 5.62. The molecule has 2 amide bonds. The van der Waals surface area contributed by atoms with Crippen LogP contribution in [0.3, 0.4) is 0 Å². The van der Waals surface area contributed by atoms with Crippen LogP contribution in [0, 0.1) is 30.6 Å². The molecular formula is C39H60N4O5S. The number of likely N-dealkylation sites (N-methyl/N-ethyl adjacent to an activating group) is 1. The molecule has 2 heterocycles. The van der Waals surface area contributed by atoms with E-state index in [2.05, 4.69) is 44.8 Å². The number of piperidine rings is 1. The van der Waals surface area contributed by atoms with Crippen LogP contribution in [0.5, 0.6) is 0 Å². The molecule has 1 aliphatic heterocycles. The topological polar surface area (TPSA) is 120 Å². The predicted octanol–water partition coefficient (Wildman–Crippen LogP) is 6.99. The Morgan fingerprint density at radius 2 is 1.73 bits per heavy atom. The highest BCUT2D eigenvalue weighted by molar-refractivity contribution is 7.09. The van der Waals surface area contributed by atoms with E-state index >= 15 is 0 Å². The lowest BCUT2D eigenvalue weighted by Gasteiger charge is -2.37. The number of Topliss-reactive ketones (excluding diaryl/α,β-unsaturated/α-hetero) is 1. The predicted molar refractivity (Wildman–Crippen MR) is 197 cm³/mol. The first kappa shape index (κ1) is 40.3. The summed E-state index contributed by atoms with van der Waals surface area (Å²) in [5.41, 5.74) is 2.48. The highest BCUT2D eigenvalue weighted by Crippen LogP contribution is 2.32. The third-order valence-corrected chi connectivity index (χ3v) is 11.7. The maximum atomic E-state index is 14.1. The van der Waals surface area contributed by atoms with Crippen LogP contribution >= 0.6 is 11.3 Å². The summed E-state index contributed by atoms with van der Waals surface area (Å²) in [5, 5.41) is 15.2. The number of carbonyl (C=O) groups is 4. The number of ketones is 1. The molecule has 1 aromatic carbocycles. The number of amides is 2. The highest BCUT2D eigenvalue weighted by atomic mass is 32.1. The average Bonchev–Trinajstić information content (AvgIpc) is 3.57. The van der Waals surface area contributed by atoms with E-state index in [1.54, 1.807) is 12.3 Å². The largest absolute Gasteiger partial charge is 0.481 e. The van der Waals surface area contributed by atoms with Crippen LogP contribution in [0.4, 0.5) is 0 Å². The number of benzene rings is 1. The Bertz CT molecular complexity index is 1390. The van der Waals surface area contributed by atoms with Crippen molar-refractivity contribution >= 4 is 34.9 Å². The van der Waals surface area contributed by atoms with E-state index in [1.807, 2.05) is 50.2 Å². The number of hydrogen-bond donors (Lipinski definition) is 2. The number of hydrogen-bond acceptors (Lipinski definition) is 7. The Morgan fingerprint density at radius 1 is 1.06 bits per heavy atom. The number of aliphatic carboxylic acids is 1. The zero-order chi connectivity index (χ0) is 36.4. The number of carboxylic acid groups (broad SMARTS) is 1. The maximum Gasteiger partial charge on any atom is 0.306 e. The van der Waals surface area contributed by atoms with Crippen molar-refractivity contribution in [1.82, 2.24) is 20.1 Å². The van der Waals surface area contributed by atoms with Crippen molar-refractivity contribution in [2.24, 2.45) is 23.7 Å². The highest BCUT2D eigenvalue weighted by Gasteiger charge is 2.36. The minimum atomic E-state index is -0.894. The van der Waals surface area contributed by atoms with E-state index in [4.69, 9.17) is 4.98 Å². The summed E-state index contributed by atoms with van der Waals surface area (Å²) in [7, 11) is 3.89. The average molecular weight is 697 g/mol. The van der Waals surface area contributed by atoms with E-state index in [0.29, 0.717) is 25.0 Å².